The van der Waals surface area contributed by atoms with Crippen molar-refractivity contribution >= 4 is 17.0 Å². The average Bonchev–Trinajstić information content (AvgIpc) is 2.85. The van der Waals surface area contributed by atoms with Crippen LogP contribution in [0.3, 0.4) is 0 Å². The van der Waals surface area contributed by atoms with Gasteiger partial charge in [0.25, 0.3) is 0 Å². The molecule has 0 aliphatic rings. The smallest absolute Gasteiger partial charge is 0.115 e. The summed E-state index contributed by atoms with van der Waals surface area (Å²) in [5, 5.41) is 4.73. The van der Waals surface area contributed by atoms with E-state index < -0.39 is 0 Å². The number of anilines is 1. The van der Waals surface area contributed by atoms with Crippen LogP contribution in [0.2, 0.25) is 0 Å². The fraction of sp³-hybridized carbons (Fsp3) is 0.471. The van der Waals surface area contributed by atoms with Crippen molar-refractivity contribution in [2.75, 3.05) is 25.5 Å². The molecular formula is C17H25N3S. The maximum Gasteiger partial charge on any atom is 0.115 e. The highest BCUT2D eigenvalue weighted by atomic mass is 32.1. The molecule has 1 N–H and O–H groups in total. The lowest BCUT2D eigenvalue weighted by Gasteiger charge is -2.18. The SMILES string of the molecule is CCNC(c1ccc(N(C)C)cc1)c1nc(CC)c(C)s1. The summed E-state index contributed by atoms with van der Waals surface area (Å²) in [6.07, 6.45) is 1.00. The van der Waals surface area contributed by atoms with E-state index in [9.17, 15) is 0 Å². The first kappa shape index (κ1) is 16.0. The third-order valence-electron chi connectivity index (χ3n) is 3.64. The minimum Gasteiger partial charge on any atom is -0.378 e. The first-order chi connectivity index (χ1) is 10.1. The Morgan fingerprint density at radius 1 is 1.19 bits per heavy atom. The van der Waals surface area contributed by atoms with Gasteiger partial charge in [0.1, 0.15) is 5.01 Å². The largest absolute Gasteiger partial charge is 0.378 e. The Hall–Kier alpha value is -1.39. The maximum atomic E-state index is 4.83. The van der Waals surface area contributed by atoms with Crippen LogP contribution >= 0.6 is 11.3 Å². The second-order valence-corrected chi connectivity index (χ2v) is 6.62. The van der Waals surface area contributed by atoms with E-state index in [1.165, 1.54) is 26.8 Å². The van der Waals surface area contributed by atoms with Gasteiger partial charge in [-0.1, -0.05) is 26.0 Å². The normalized spacial score (nSPS) is 12.4. The van der Waals surface area contributed by atoms with Gasteiger partial charge in [-0.3, -0.25) is 0 Å². The van der Waals surface area contributed by atoms with Crippen molar-refractivity contribution < 1.29 is 0 Å². The lowest BCUT2D eigenvalue weighted by atomic mass is 10.1. The van der Waals surface area contributed by atoms with E-state index >= 15 is 0 Å². The molecule has 0 aliphatic carbocycles. The molecule has 114 valence electrons. The molecule has 0 saturated heterocycles. The molecule has 0 radical (unpaired) electrons. The van der Waals surface area contributed by atoms with Crippen LogP contribution in [0.1, 0.15) is 41.0 Å². The predicted octanol–water partition coefficient (Wildman–Crippen LogP) is 3.78. The summed E-state index contributed by atoms with van der Waals surface area (Å²) >= 11 is 1.81. The molecular weight excluding hydrogens is 278 g/mol. The van der Waals surface area contributed by atoms with E-state index in [4.69, 9.17) is 4.98 Å². The maximum absolute atomic E-state index is 4.83. The van der Waals surface area contributed by atoms with E-state index in [1.54, 1.807) is 0 Å². The number of aromatic nitrogens is 1. The molecule has 2 rings (SSSR count). The van der Waals surface area contributed by atoms with E-state index in [-0.39, 0.29) is 6.04 Å². The number of benzene rings is 1. The third-order valence-corrected chi connectivity index (χ3v) is 4.72. The van der Waals surface area contributed by atoms with Crippen LogP contribution in [0.25, 0.3) is 0 Å². The van der Waals surface area contributed by atoms with Gasteiger partial charge in [-0.05, 0) is 37.6 Å². The minimum atomic E-state index is 0.190. The van der Waals surface area contributed by atoms with E-state index in [1.807, 2.05) is 11.3 Å². The Morgan fingerprint density at radius 2 is 1.86 bits per heavy atom. The molecule has 2 aromatic rings. The Morgan fingerprint density at radius 3 is 2.33 bits per heavy atom. The summed E-state index contributed by atoms with van der Waals surface area (Å²) in [6.45, 7) is 7.40. The van der Waals surface area contributed by atoms with Crippen molar-refractivity contribution in [3.63, 3.8) is 0 Å². The van der Waals surface area contributed by atoms with Gasteiger partial charge in [0, 0.05) is 24.7 Å². The van der Waals surface area contributed by atoms with Gasteiger partial charge in [0.05, 0.1) is 11.7 Å². The van der Waals surface area contributed by atoms with Crippen LogP contribution in [-0.2, 0) is 6.42 Å². The van der Waals surface area contributed by atoms with Gasteiger partial charge in [-0.2, -0.15) is 0 Å². The molecule has 0 amide bonds. The van der Waals surface area contributed by atoms with Gasteiger partial charge in [-0.25, -0.2) is 4.98 Å². The molecule has 21 heavy (non-hydrogen) atoms. The van der Waals surface area contributed by atoms with Gasteiger partial charge in [-0.15, -0.1) is 11.3 Å². The van der Waals surface area contributed by atoms with Crippen molar-refractivity contribution in [2.45, 2.75) is 33.2 Å². The van der Waals surface area contributed by atoms with E-state index in [0.717, 1.165) is 13.0 Å². The highest BCUT2D eigenvalue weighted by molar-refractivity contribution is 7.11. The second-order valence-electron chi connectivity index (χ2n) is 5.39. The summed E-state index contributed by atoms with van der Waals surface area (Å²) in [5.74, 6) is 0. The van der Waals surface area contributed by atoms with Gasteiger partial charge in [0.15, 0.2) is 0 Å². The first-order valence-corrected chi connectivity index (χ1v) is 8.35. The summed E-state index contributed by atoms with van der Waals surface area (Å²) in [6, 6.07) is 8.92. The molecule has 4 heteroatoms. The summed E-state index contributed by atoms with van der Waals surface area (Å²) in [5.41, 5.74) is 3.72. The lowest BCUT2D eigenvalue weighted by Crippen LogP contribution is -2.22. The predicted molar refractivity (Wildman–Crippen MR) is 92.5 cm³/mol. The van der Waals surface area contributed by atoms with Gasteiger partial charge in [0.2, 0.25) is 0 Å². The first-order valence-electron chi connectivity index (χ1n) is 7.53. The molecule has 1 unspecified atom stereocenters. The van der Waals surface area contributed by atoms with Crippen LogP contribution < -0.4 is 10.2 Å². The lowest BCUT2D eigenvalue weighted by molar-refractivity contribution is 0.625. The van der Waals surface area contributed by atoms with Crippen LogP contribution in [0.4, 0.5) is 5.69 Å². The fourth-order valence-electron chi connectivity index (χ4n) is 2.42. The minimum absolute atomic E-state index is 0.190. The number of nitrogens with one attached hydrogen (secondary N) is 1. The molecule has 3 nitrogen and oxygen atoms in total. The molecule has 1 heterocycles. The number of hydrogen-bond acceptors (Lipinski definition) is 4. The number of hydrogen-bond donors (Lipinski definition) is 1. The Balaban J connectivity index is 2.33. The number of rotatable bonds is 6. The van der Waals surface area contributed by atoms with Crippen LogP contribution in [-0.4, -0.2) is 25.6 Å². The highest BCUT2D eigenvalue weighted by Gasteiger charge is 2.18. The summed E-state index contributed by atoms with van der Waals surface area (Å²) in [7, 11) is 4.13. The van der Waals surface area contributed by atoms with E-state index in [2.05, 4.69) is 69.3 Å². The van der Waals surface area contributed by atoms with Gasteiger partial charge < -0.3 is 10.2 Å². The van der Waals surface area contributed by atoms with Crippen molar-refractivity contribution in [2.24, 2.45) is 0 Å². The Bertz CT molecular complexity index is 572. The molecule has 1 atom stereocenters. The zero-order chi connectivity index (χ0) is 15.4. The van der Waals surface area contributed by atoms with Crippen LogP contribution in [0.5, 0.6) is 0 Å². The van der Waals surface area contributed by atoms with E-state index in [0.29, 0.717) is 0 Å². The number of nitrogens with zero attached hydrogens (tertiary/aromatic N) is 2. The molecule has 0 saturated carbocycles. The summed E-state index contributed by atoms with van der Waals surface area (Å²) < 4.78 is 0. The molecule has 0 fully saturated rings. The molecule has 0 spiro atoms. The number of thiazole rings is 1. The zero-order valence-electron chi connectivity index (χ0n) is 13.6. The Kier molecular flexibility index (Phi) is 5.37. The molecule has 0 bridgehead atoms. The number of aryl methyl sites for hydroxylation is 2. The van der Waals surface area contributed by atoms with Crippen molar-refractivity contribution in [3.05, 3.63) is 45.4 Å². The monoisotopic (exact) mass is 303 g/mol. The molecule has 0 aliphatic heterocycles. The van der Waals surface area contributed by atoms with Crippen molar-refractivity contribution in [1.29, 1.82) is 0 Å². The topological polar surface area (TPSA) is 28.2 Å². The molecule has 1 aromatic carbocycles. The Labute approximate surface area is 132 Å². The zero-order valence-corrected chi connectivity index (χ0v) is 14.4. The highest BCUT2D eigenvalue weighted by Crippen LogP contribution is 2.29. The second kappa shape index (κ2) is 7.05. The average molecular weight is 303 g/mol. The van der Waals surface area contributed by atoms with Crippen molar-refractivity contribution in [3.8, 4) is 0 Å². The van der Waals surface area contributed by atoms with Gasteiger partial charge >= 0.3 is 0 Å². The molecule has 1 aromatic heterocycles. The fourth-order valence-corrected chi connectivity index (χ4v) is 3.53. The van der Waals surface area contributed by atoms with Crippen molar-refractivity contribution in [1.82, 2.24) is 10.3 Å². The van der Waals surface area contributed by atoms with Crippen LogP contribution in [0, 0.1) is 6.92 Å². The standard InChI is InChI=1S/C17H25N3S/c1-6-15-12(3)21-17(19-15)16(18-7-2)13-8-10-14(11-9-13)20(4)5/h8-11,16,18H,6-7H2,1-5H3. The van der Waals surface area contributed by atoms with Crippen LogP contribution in [0.15, 0.2) is 24.3 Å². The third kappa shape index (κ3) is 3.63. The summed E-state index contributed by atoms with van der Waals surface area (Å²) in [4.78, 5) is 8.28. The quantitative estimate of drug-likeness (QED) is 0.880.